The molecule has 1 heterocycles. The normalized spacial score (nSPS) is 12.2. The standard InChI is InChI=1S/C22H25ClN4O/c1-15-21(16(2)27(25-15)20-8-6-5-7-9-20)14-26(4)17(3)22(28)24-19-12-10-18(23)11-13-19/h5-13,17H,14H2,1-4H3,(H,24,28)/t17-/m1/s1. The summed E-state index contributed by atoms with van der Waals surface area (Å²) >= 11 is 5.90. The molecule has 146 valence electrons. The van der Waals surface area contributed by atoms with E-state index in [1.54, 1.807) is 24.3 Å². The summed E-state index contributed by atoms with van der Waals surface area (Å²) in [4.78, 5) is 14.6. The molecule has 0 radical (unpaired) electrons. The second-order valence-corrected chi connectivity index (χ2v) is 7.42. The predicted molar refractivity (Wildman–Crippen MR) is 114 cm³/mol. The lowest BCUT2D eigenvalue weighted by molar-refractivity contribution is -0.120. The van der Waals surface area contributed by atoms with Gasteiger partial charge in [-0.05, 0) is 64.2 Å². The maximum Gasteiger partial charge on any atom is 0.241 e. The number of anilines is 1. The van der Waals surface area contributed by atoms with Crippen LogP contribution in [0.3, 0.4) is 0 Å². The summed E-state index contributed by atoms with van der Waals surface area (Å²) in [5.74, 6) is -0.0596. The molecule has 0 saturated heterocycles. The number of hydrogen-bond donors (Lipinski definition) is 1. The molecule has 6 heteroatoms. The molecule has 1 N–H and O–H groups in total. The molecule has 3 rings (SSSR count). The summed E-state index contributed by atoms with van der Waals surface area (Å²) in [5, 5.41) is 8.27. The Morgan fingerprint density at radius 1 is 1.14 bits per heavy atom. The lowest BCUT2D eigenvalue weighted by Gasteiger charge is -2.24. The molecule has 0 saturated carbocycles. The number of hydrogen-bond acceptors (Lipinski definition) is 3. The van der Waals surface area contributed by atoms with Gasteiger partial charge in [-0.2, -0.15) is 5.10 Å². The van der Waals surface area contributed by atoms with E-state index < -0.39 is 0 Å². The Bertz CT molecular complexity index is 951. The van der Waals surface area contributed by atoms with E-state index in [0.717, 1.165) is 28.3 Å². The van der Waals surface area contributed by atoms with Crippen LogP contribution in [0.15, 0.2) is 54.6 Å². The van der Waals surface area contributed by atoms with Crippen molar-refractivity contribution in [2.24, 2.45) is 0 Å². The van der Waals surface area contributed by atoms with Crippen molar-refractivity contribution >= 4 is 23.2 Å². The summed E-state index contributed by atoms with van der Waals surface area (Å²) in [6.45, 7) is 6.61. The van der Waals surface area contributed by atoms with Gasteiger partial charge in [-0.15, -0.1) is 0 Å². The van der Waals surface area contributed by atoms with Crippen LogP contribution in [0.25, 0.3) is 5.69 Å². The first-order chi connectivity index (χ1) is 13.4. The summed E-state index contributed by atoms with van der Waals surface area (Å²) < 4.78 is 1.96. The molecule has 0 spiro atoms. The number of amides is 1. The SMILES string of the molecule is Cc1nn(-c2ccccc2)c(C)c1CN(C)[C@H](C)C(=O)Nc1ccc(Cl)cc1. The minimum Gasteiger partial charge on any atom is -0.325 e. The number of para-hydroxylation sites is 1. The number of carbonyl (C=O) groups excluding carboxylic acids is 1. The molecule has 0 aliphatic carbocycles. The molecular weight excluding hydrogens is 372 g/mol. The van der Waals surface area contributed by atoms with Crippen LogP contribution in [-0.2, 0) is 11.3 Å². The lowest BCUT2D eigenvalue weighted by atomic mass is 10.1. The average molecular weight is 397 g/mol. The molecule has 1 atom stereocenters. The molecule has 0 unspecified atom stereocenters. The minimum absolute atomic E-state index is 0.0596. The van der Waals surface area contributed by atoms with Gasteiger partial charge in [0.05, 0.1) is 17.4 Å². The van der Waals surface area contributed by atoms with Gasteiger partial charge in [-0.1, -0.05) is 29.8 Å². The van der Waals surface area contributed by atoms with Gasteiger partial charge in [-0.25, -0.2) is 4.68 Å². The highest BCUT2D eigenvalue weighted by atomic mass is 35.5. The zero-order valence-electron chi connectivity index (χ0n) is 16.6. The minimum atomic E-state index is -0.297. The summed E-state index contributed by atoms with van der Waals surface area (Å²) in [5.41, 5.74) is 4.96. The zero-order chi connectivity index (χ0) is 20.3. The Labute approximate surface area is 170 Å². The number of nitrogens with one attached hydrogen (secondary N) is 1. The molecule has 0 aliphatic rings. The molecule has 0 aliphatic heterocycles. The van der Waals surface area contributed by atoms with Gasteiger partial charge >= 0.3 is 0 Å². The van der Waals surface area contributed by atoms with Crippen LogP contribution in [0.2, 0.25) is 5.02 Å². The molecule has 0 bridgehead atoms. The number of likely N-dealkylation sites (N-methyl/N-ethyl adjacent to an activating group) is 1. The predicted octanol–water partition coefficient (Wildman–Crippen LogP) is 4.60. The van der Waals surface area contributed by atoms with E-state index in [2.05, 4.69) is 12.2 Å². The van der Waals surface area contributed by atoms with Gasteiger partial charge in [0.2, 0.25) is 5.91 Å². The van der Waals surface area contributed by atoms with Crippen LogP contribution in [-0.4, -0.2) is 33.7 Å². The number of halogens is 1. The van der Waals surface area contributed by atoms with E-state index in [-0.39, 0.29) is 11.9 Å². The molecule has 1 amide bonds. The van der Waals surface area contributed by atoms with Crippen molar-refractivity contribution < 1.29 is 4.79 Å². The number of rotatable bonds is 6. The van der Waals surface area contributed by atoms with Crippen molar-refractivity contribution in [2.75, 3.05) is 12.4 Å². The highest BCUT2D eigenvalue weighted by Gasteiger charge is 2.21. The van der Waals surface area contributed by atoms with Crippen LogP contribution in [0.5, 0.6) is 0 Å². The maximum atomic E-state index is 12.6. The molecule has 3 aromatic rings. The zero-order valence-corrected chi connectivity index (χ0v) is 17.4. The second kappa shape index (κ2) is 8.59. The molecule has 0 fully saturated rings. The Morgan fingerprint density at radius 2 is 1.79 bits per heavy atom. The number of nitrogens with zero attached hydrogens (tertiary/aromatic N) is 3. The van der Waals surface area contributed by atoms with E-state index in [9.17, 15) is 4.79 Å². The first-order valence-electron chi connectivity index (χ1n) is 9.24. The van der Waals surface area contributed by atoms with Gasteiger partial charge in [0.1, 0.15) is 0 Å². The molecule has 28 heavy (non-hydrogen) atoms. The highest BCUT2D eigenvalue weighted by Crippen LogP contribution is 2.20. The third-order valence-corrected chi connectivity index (χ3v) is 5.25. The first kappa shape index (κ1) is 20.1. The Kier molecular flexibility index (Phi) is 6.17. The van der Waals surface area contributed by atoms with Gasteiger partial charge in [0.15, 0.2) is 0 Å². The fraction of sp³-hybridized carbons (Fsp3) is 0.273. The highest BCUT2D eigenvalue weighted by molar-refractivity contribution is 6.30. The molecular formula is C22H25ClN4O. The molecule has 1 aromatic heterocycles. The third-order valence-electron chi connectivity index (χ3n) is 5.00. The number of aryl methyl sites for hydroxylation is 1. The smallest absolute Gasteiger partial charge is 0.241 e. The van der Waals surface area contributed by atoms with E-state index in [0.29, 0.717) is 11.6 Å². The van der Waals surface area contributed by atoms with Crippen LogP contribution in [0.1, 0.15) is 23.9 Å². The molecule has 2 aromatic carbocycles. The maximum absolute atomic E-state index is 12.6. The summed E-state index contributed by atoms with van der Waals surface area (Å²) in [6.07, 6.45) is 0. The summed E-state index contributed by atoms with van der Waals surface area (Å²) in [7, 11) is 1.95. The lowest BCUT2D eigenvalue weighted by Crippen LogP contribution is -2.39. The third kappa shape index (κ3) is 4.43. The molecule has 5 nitrogen and oxygen atoms in total. The average Bonchev–Trinajstić information content (AvgIpc) is 2.98. The van der Waals surface area contributed by atoms with E-state index in [4.69, 9.17) is 16.7 Å². The fourth-order valence-electron chi connectivity index (χ4n) is 3.09. The van der Waals surface area contributed by atoms with Crippen LogP contribution < -0.4 is 5.32 Å². The van der Waals surface area contributed by atoms with Gasteiger partial charge < -0.3 is 5.32 Å². The van der Waals surface area contributed by atoms with E-state index >= 15 is 0 Å². The van der Waals surface area contributed by atoms with Gasteiger partial charge in [0, 0.05) is 28.5 Å². The largest absolute Gasteiger partial charge is 0.325 e. The van der Waals surface area contributed by atoms with Crippen molar-refractivity contribution in [3.63, 3.8) is 0 Å². The Morgan fingerprint density at radius 3 is 2.43 bits per heavy atom. The van der Waals surface area contributed by atoms with Gasteiger partial charge in [-0.3, -0.25) is 9.69 Å². The summed E-state index contributed by atoms with van der Waals surface area (Å²) in [6, 6.07) is 16.9. The van der Waals surface area contributed by atoms with Crippen molar-refractivity contribution in [1.29, 1.82) is 0 Å². The van der Waals surface area contributed by atoms with Crippen molar-refractivity contribution in [3.8, 4) is 5.69 Å². The number of aromatic nitrogens is 2. The Balaban J connectivity index is 1.71. The van der Waals surface area contributed by atoms with Crippen molar-refractivity contribution in [2.45, 2.75) is 33.4 Å². The quantitative estimate of drug-likeness (QED) is 0.662. The second-order valence-electron chi connectivity index (χ2n) is 6.98. The first-order valence-corrected chi connectivity index (χ1v) is 9.62. The Hall–Kier alpha value is -2.63. The van der Waals surface area contributed by atoms with E-state index in [1.165, 1.54) is 0 Å². The van der Waals surface area contributed by atoms with E-state index in [1.807, 2.05) is 60.8 Å². The number of benzene rings is 2. The van der Waals surface area contributed by atoms with Crippen LogP contribution in [0.4, 0.5) is 5.69 Å². The monoisotopic (exact) mass is 396 g/mol. The fourth-order valence-corrected chi connectivity index (χ4v) is 3.22. The number of carbonyl (C=O) groups is 1. The van der Waals surface area contributed by atoms with Crippen molar-refractivity contribution in [1.82, 2.24) is 14.7 Å². The topological polar surface area (TPSA) is 50.2 Å². The van der Waals surface area contributed by atoms with Crippen molar-refractivity contribution in [3.05, 3.63) is 76.6 Å². The van der Waals surface area contributed by atoms with Gasteiger partial charge in [0.25, 0.3) is 0 Å². The van der Waals surface area contributed by atoms with Crippen LogP contribution in [0, 0.1) is 13.8 Å². The van der Waals surface area contributed by atoms with Crippen LogP contribution >= 0.6 is 11.6 Å².